The third-order valence-electron chi connectivity index (χ3n) is 2.60. The largest absolute Gasteiger partial charge is 0.494 e. The van der Waals surface area contributed by atoms with Crippen LogP contribution in [0.4, 0.5) is 4.39 Å². The zero-order valence-corrected chi connectivity index (χ0v) is 11.4. The molecule has 0 bridgehead atoms. The number of carbonyl (C=O) groups excluding carboxylic acids is 1. The van der Waals surface area contributed by atoms with Gasteiger partial charge in [0.25, 0.3) is 0 Å². The molecule has 0 aliphatic heterocycles. The van der Waals surface area contributed by atoms with E-state index in [9.17, 15) is 9.18 Å². The van der Waals surface area contributed by atoms with Crippen molar-refractivity contribution < 1.29 is 13.9 Å². The van der Waals surface area contributed by atoms with E-state index in [2.05, 4.69) is 0 Å². The van der Waals surface area contributed by atoms with Crippen LogP contribution in [-0.2, 0) is 0 Å². The number of hydrogen-bond acceptors (Lipinski definition) is 2. The van der Waals surface area contributed by atoms with Crippen LogP contribution >= 0.6 is 23.2 Å². The summed E-state index contributed by atoms with van der Waals surface area (Å²) in [7, 11) is 1.34. The third-order valence-corrected chi connectivity index (χ3v) is 3.15. The van der Waals surface area contributed by atoms with Crippen molar-refractivity contribution in [1.82, 2.24) is 0 Å². The number of carbonyl (C=O) groups is 1. The van der Waals surface area contributed by atoms with Crippen molar-refractivity contribution in [2.45, 2.75) is 0 Å². The Balaban J connectivity index is 2.50. The molecule has 0 aliphatic rings. The normalized spacial score (nSPS) is 10.3. The second-order valence-electron chi connectivity index (χ2n) is 3.78. The number of methoxy groups -OCH3 is 1. The molecule has 0 amide bonds. The van der Waals surface area contributed by atoms with Crippen molar-refractivity contribution in [2.75, 3.05) is 7.11 Å². The molecule has 2 nitrogen and oxygen atoms in total. The van der Waals surface area contributed by atoms with E-state index in [1.54, 1.807) is 6.07 Å². The maximum absolute atomic E-state index is 14.0. The van der Waals surface area contributed by atoms with Crippen LogP contribution in [-0.4, -0.2) is 12.9 Å². The number of ketones is 1. The average Bonchev–Trinajstić information content (AvgIpc) is 2.38. The molecule has 0 unspecified atom stereocenters. The Morgan fingerprint density at radius 2 is 1.89 bits per heavy atom. The minimum absolute atomic E-state index is 0.0101. The summed E-state index contributed by atoms with van der Waals surface area (Å²) < 4.78 is 18.8. The number of halogens is 3. The highest BCUT2D eigenvalue weighted by molar-refractivity contribution is 6.37. The third kappa shape index (κ3) is 2.72. The van der Waals surface area contributed by atoms with Gasteiger partial charge in [-0.2, -0.15) is 0 Å². The summed E-state index contributed by atoms with van der Waals surface area (Å²) in [6, 6.07) is 8.79. The molecule has 2 aromatic carbocycles. The summed E-state index contributed by atoms with van der Waals surface area (Å²) in [5, 5.41) is 0.590. The Bertz CT molecular complexity index is 641. The molecule has 19 heavy (non-hydrogen) atoms. The van der Waals surface area contributed by atoms with E-state index in [1.807, 2.05) is 0 Å². The molecule has 98 valence electrons. The lowest BCUT2D eigenvalue weighted by atomic mass is 10.0. The van der Waals surface area contributed by atoms with E-state index < -0.39 is 11.6 Å². The summed E-state index contributed by atoms with van der Waals surface area (Å²) in [6.45, 7) is 0. The highest BCUT2D eigenvalue weighted by Crippen LogP contribution is 2.27. The first-order valence-electron chi connectivity index (χ1n) is 5.37. The van der Waals surface area contributed by atoms with Crippen molar-refractivity contribution in [2.24, 2.45) is 0 Å². The van der Waals surface area contributed by atoms with Crippen LogP contribution in [0.2, 0.25) is 10.0 Å². The fourth-order valence-electron chi connectivity index (χ4n) is 1.66. The predicted octanol–water partition coefficient (Wildman–Crippen LogP) is 4.37. The highest BCUT2D eigenvalue weighted by Gasteiger charge is 2.19. The first-order valence-corrected chi connectivity index (χ1v) is 6.12. The molecule has 2 rings (SSSR count). The topological polar surface area (TPSA) is 26.3 Å². The first-order chi connectivity index (χ1) is 9.04. The smallest absolute Gasteiger partial charge is 0.197 e. The molecule has 0 spiro atoms. The van der Waals surface area contributed by atoms with Crippen LogP contribution in [0.15, 0.2) is 36.4 Å². The number of rotatable bonds is 3. The molecule has 0 aliphatic carbocycles. The van der Waals surface area contributed by atoms with Crippen molar-refractivity contribution in [1.29, 1.82) is 0 Å². The van der Waals surface area contributed by atoms with E-state index in [1.165, 1.54) is 37.4 Å². The van der Waals surface area contributed by atoms with E-state index in [-0.39, 0.29) is 21.9 Å². The van der Waals surface area contributed by atoms with Crippen LogP contribution in [0, 0.1) is 5.82 Å². The van der Waals surface area contributed by atoms with Gasteiger partial charge in [0.1, 0.15) is 0 Å². The van der Waals surface area contributed by atoms with Gasteiger partial charge in [-0.3, -0.25) is 4.79 Å². The first kappa shape index (κ1) is 13.8. The van der Waals surface area contributed by atoms with Crippen molar-refractivity contribution in [3.63, 3.8) is 0 Å². The van der Waals surface area contributed by atoms with Crippen molar-refractivity contribution >= 4 is 29.0 Å². The van der Waals surface area contributed by atoms with E-state index in [4.69, 9.17) is 27.9 Å². The van der Waals surface area contributed by atoms with Crippen molar-refractivity contribution in [3.8, 4) is 5.75 Å². The Morgan fingerprint density at radius 3 is 2.53 bits per heavy atom. The molecule has 0 N–H and O–H groups in total. The predicted molar refractivity (Wildman–Crippen MR) is 72.8 cm³/mol. The van der Waals surface area contributed by atoms with Gasteiger partial charge in [0.05, 0.1) is 17.7 Å². The second-order valence-corrected chi connectivity index (χ2v) is 4.62. The molecule has 0 radical (unpaired) electrons. The van der Waals surface area contributed by atoms with Crippen LogP contribution in [0.3, 0.4) is 0 Å². The monoisotopic (exact) mass is 298 g/mol. The lowest BCUT2D eigenvalue weighted by Crippen LogP contribution is -2.06. The highest BCUT2D eigenvalue weighted by atomic mass is 35.5. The van der Waals surface area contributed by atoms with Crippen LogP contribution < -0.4 is 4.74 Å². The van der Waals surface area contributed by atoms with Gasteiger partial charge in [0.2, 0.25) is 0 Å². The summed E-state index contributed by atoms with van der Waals surface area (Å²) in [5.41, 5.74) is 0.0989. The standard InChI is InChI=1S/C14H9Cl2FO2/c1-19-12-4-2-3-10(13(12)17)14(18)9-6-5-8(15)7-11(9)16/h2-7H,1H3. The zero-order valence-electron chi connectivity index (χ0n) is 9.91. The fourth-order valence-corrected chi connectivity index (χ4v) is 2.16. The Kier molecular flexibility index (Phi) is 4.08. The van der Waals surface area contributed by atoms with E-state index >= 15 is 0 Å². The van der Waals surface area contributed by atoms with E-state index in [0.29, 0.717) is 5.02 Å². The van der Waals surface area contributed by atoms with Gasteiger partial charge in [-0.15, -0.1) is 0 Å². The quantitative estimate of drug-likeness (QED) is 0.787. The maximum Gasteiger partial charge on any atom is 0.197 e. The summed E-state index contributed by atoms with van der Waals surface area (Å²) >= 11 is 11.7. The minimum atomic E-state index is -0.707. The molecule has 0 fully saturated rings. The average molecular weight is 299 g/mol. The zero-order chi connectivity index (χ0) is 14.0. The van der Waals surface area contributed by atoms with Crippen LogP contribution in [0.5, 0.6) is 5.75 Å². The van der Waals surface area contributed by atoms with Gasteiger partial charge in [-0.1, -0.05) is 29.3 Å². The van der Waals surface area contributed by atoms with Crippen LogP contribution in [0.25, 0.3) is 0 Å². The molecular weight excluding hydrogens is 290 g/mol. The number of ether oxygens (including phenoxy) is 1. The Labute approximate surface area is 119 Å². The Morgan fingerprint density at radius 1 is 1.16 bits per heavy atom. The molecular formula is C14H9Cl2FO2. The van der Waals surface area contributed by atoms with Crippen LogP contribution in [0.1, 0.15) is 15.9 Å². The Hall–Kier alpha value is -1.58. The lowest BCUT2D eigenvalue weighted by Gasteiger charge is -2.08. The van der Waals surface area contributed by atoms with Gasteiger partial charge < -0.3 is 4.74 Å². The maximum atomic E-state index is 14.0. The molecule has 0 saturated heterocycles. The van der Waals surface area contributed by atoms with Gasteiger partial charge in [0, 0.05) is 10.6 Å². The van der Waals surface area contributed by atoms with Gasteiger partial charge in [0.15, 0.2) is 17.3 Å². The number of benzene rings is 2. The van der Waals surface area contributed by atoms with Gasteiger partial charge >= 0.3 is 0 Å². The second kappa shape index (κ2) is 5.59. The van der Waals surface area contributed by atoms with E-state index in [0.717, 1.165) is 0 Å². The summed E-state index contributed by atoms with van der Waals surface area (Å²) in [5.74, 6) is -1.21. The molecule has 2 aromatic rings. The fraction of sp³-hybridized carbons (Fsp3) is 0.0714. The van der Waals surface area contributed by atoms with Gasteiger partial charge in [-0.25, -0.2) is 4.39 Å². The lowest BCUT2D eigenvalue weighted by molar-refractivity contribution is 0.103. The molecule has 0 heterocycles. The van der Waals surface area contributed by atoms with Gasteiger partial charge in [-0.05, 0) is 30.3 Å². The summed E-state index contributed by atoms with van der Waals surface area (Å²) in [4.78, 5) is 12.2. The number of hydrogen-bond donors (Lipinski definition) is 0. The molecule has 0 atom stereocenters. The molecule has 0 aromatic heterocycles. The molecule has 5 heteroatoms. The SMILES string of the molecule is COc1cccc(C(=O)c2ccc(Cl)cc2Cl)c1F. The van der Waals surface area contributed by atoms with Crippen molar-refractivity contribution in [3.05, 3.63) is 63.4 Å². The molecule has 0 saturated carbocycles. The summed E-state index contributed by atoms with van der Waals surface area (Å²) in [6.07, 6.45) is 0. The minimum Gasteiger partial charge on any atom is -0.494 e.